The molecule has 0 radical (unpaired) electrons. The zero-order valence-corrected chi connectivity index (χ0v) is 10.9. The molecule has 0 aromatic heterocycles. The summed E-state index contributed by atoms with van der Waals surface area (Å²) in [4.78, 5) is 0. The zero-order valence-electron chi connectivity index (χ0n) is 10.1. The summed E-state index contributed by atoms with van der Waals surface area (Å²) >= 11 is 2.00. The summed E-state index contributed by atoms with van der Waals surface area (Å²) < 4.78 is 0. The molecule has 0 spiro atoms. The van der Waals surface area contributed by atoms with Crippen LogP contribution in [0.2, 0.25) is 0 Å². The van der Waals surface area contributed by atoms with Crippen molar-refractivity contribution >= 4 is 11.8 Å². The molecule has 2 atom stereocenters. The van der Waals surface area contributed by atoms with E-state index in [9.17, 15) is 5.26 Å². The molecule has 2 heteroatoms. The van der Waals surface area contributed by atoms with E-state index in [0.29, 0.717) is 0 Å². The van der Waals surface area contributed by atoms with E-state index in [-0.39, 0.29) is 5.41 Å². The Morgan fingerprint density at radius 1 is 1.53 bits per heavy atom. The van der Waals surface area contributed by atoms with Gasteiger partial charge in [0, 0.05) is 0 Å². The Balaban J connectivity index is 2.36. The normalized spacial score (nSPS) is 31.1. The summed E-state index contributed by atoms with van der Waals surface area (Å²) in [5, 5.41) is 9.36. The van der Waals surface area contributed by atoms with Crippen LogP contribution in [0.3, 0.4) is 0 Å². The number of rotatable bonds is 5. The second-order valence-electron chi connectivity index (χ2n) is 4.89. The summed E-state index contributed by atoms with van der Waals surface area (Å²) in [6.07, 6.45) is 7.22. The van der Waals surface area contributed by atoms with E-state index in [2.05, 4.69) is 19.9 Å². The van der Waals surface area contributed by atoms with Gasteiger partial charge in [-0.2, -0.15) is 17.0 Å². The first-order valence-corrected chi connectivity index (χ1v) is 7.37. The van der Waals surface area contributed by atoms with Gasteiger partial charge in [-0.1, -0.05) is 26.7 Å². The number of hydrogen-bond donors (Lipinski definition) is 0. The van der Waals surface area contributed by atoms with Crippen molar-refractivity contribution in [3.8, 4) is 6.07 Å². The lowest BCUT2D eigenvalue weighted by molar-refractivity contribution is 0.196. The van der Waals surface area contributed by atoms with Crippen molar-refractivity contribution in [3.05, 3.63) is 0 Å². The third-order valence-corrected chi connectivity index (χ3v) is 4.46. The average Bonchev–Trinajstić information content (AvgIpc) is 2.25. The number of thioether (sulfide) groups is 1. The van der Waals surface area contributed by atoms with Crippen molar-refractivity contribution in [1.29, 1.82) is 5.26 Å². The molecule has 1 aliphatic carbocycles. The van der Waals surface area contributed by atoms with Gasteiger partial charge in [0.2, 0.25) is 0 Å². The topological polar surface area (TPSA) is 23.8 Å². The lowest BCUT2D eigenvalue weighted by atomic mass is 9.69. The van der Waals surface area contributed by atoms with Crippen LogP contribution in [-0.2, 0) is 0 Å². The van der Waals surface area contributed by atoms with Gasteiger partial charge < -0.3 is 0 Å². The predicted molar refractivity (Wildman–Crippen MR) is 67.9 cm³/mol. The van der Waals surface area contributed by atoms with Crippen molar-refractivity contribution in [1.82, 2.24) is 0 Å². The third kappa shape index (κ3) is 4.07. The minimum absolute atomic E-state index is 0.0337. The average molecular weight is 225 g/mol. The van der Waals surface area contributed by atoms with E-state index in [1.54, 1.807) is 0 Å². The molecule has 1 fully saturated rings. The Bertz CT molecular complexity index is 221. The maximum Gasteiger partial charge on any atom is 0.0689 e. The summed E-state index contributed by atoms with van der Waals surface area (Å²) in [6.45, 7) is 4.50. The van der Waals surface area contributed by atoms with E-state index >= 15 is 0 Å². The maximum atomic E-state index is 9.36. The predicted octanol–water partition coefficient (Wildman–Crippen LogP) is 4.24. The molecule has 1 saturated carbocycles. The van der Waals surface area contributed by atoms with Crippen LogP contribution >= 0.6 is 11.8 Å². The van der Waals surface area contributed by atoms with Gasteiger partial charge in [0.15, 0.2) is 0 Å². The van der Waals surface area contributed by atoms with Crippen molar-refractivity contribution < 1.29 is 0 Å². The van der Waals surface area contributed by atoms with Crippen LogP contribution in [0.5, 0.6) is 0 Å². The lowest BCUT2D eigenvalue weighted by Crippen LogP contribution is -2.26. The van der Waals surface area contributed by atoms with Crippen LogP contribution in [-0.4, -0.2) is 11.5 Å². The largest absolute Gasteiger partial charge is 0.198 e. The SMILES string of the molecule is CCSCCCC1(C#N)CCCC(C)C1. The first kappa shape index (κ1) is 12.9. The molecule has 0 N–H and O–H groups in total. The second-order valence-corrected chi connectivity index (χ2v) is 6.29. The van der Waals surface area contributed by atoms with Crippen molar-refractivity contribution in [2.45, 2.75) is 52.4 Å². The molecule has 1 nitrogen and oxygen atoms in total. The van der Waals surface area contributed by atoms with Gasteiger partial charge in [-0.3, -0.25) is 0 Å². The summed E-state index contributed by atoms with van der Waals surface area (Å²) in [5.41, 5.74) is 0.0337. The van der Waals surface area contributed by atoms with Gasteiger partial charge in [-0.05, 0) is 43.1 Å². The highest BCUT2D eigenvalue weighted by Gasteiger charge is 2.34. The molecule has 1 rings (SSSR count). The summed E-state index contributed by atoms with van der Waals surface area (Å²) in [5.74, 6) is 3.20. The van der Waals surface area contributed by atoms with Gasteiger partial charge >= 0.3 is 0 Å². The summed E-state index contributed by atoms with van der Waals surface area (Å²) in [7, 11) is 0. The van der Waals surface area contributed by atoms with Crippen molar-refractivity contribution in [2.24, 2.45) is 11.3 Å². The van der Waals surface area contributed by atoms with Crippen LogP contribution < -0.4 is 0 Å². The van der Waals surface area contributed by atoms with Crippen LogP contribution in [0.4, 0.5) is 0 Å². The maximum absolute atomic E-state index is 9.36. The molecule has 15 heavy (non-hydrogen) atoms. The zero-order chi connectivity index (χ0) is 11.1. The molecule has 86 valence electrons. The highest BCUT2D eigenvalue weighted by molar-refractivity contribution is 7.99. The Hall–Kier alpha value is -0.160. The lowest BCUT2D eigenvalue weighted by Gasteiger charge is -2.34. The fourth-order valence-electron chi connectivity index (χ4n) is 2.70. The first-order valence-electron chi connectivity index (χ1n) is 6.21. The fourth-order valence-corrected chi connectivity index (χ4v) is 3.34. The highest BCUT2D eigenvalue weighted by atomic mass is 32.2. The molecule has 0 bridgehead atoms. The van der Waals surface area contributed by atoms with E-state index in [1.807, 2.05) is 11.8 Å². The molecular weight excluding hydrogens is 202 g/mol. The van der Waals surface area contributed by atoms with Crippen molar-refractivity contribution in [2.75, 3.05) is 11.5 Å². The van der Waals surface area contributed by atoms with E-state index < -0.39 is 0 Å². The van der Waals surface area contributed by atoms with E-state index in [1.165, 1.54) is 30.8 Å². The van der Waals surface area contributed by atoms with Crippen molar-refractivity contribution in [3.63, 3.8) is 0 Å². The Labute approximate surface area is 98.6 Å². The first-order chi connectivity index (χ1) is 7.22. The molecule has 0 heterocycles. The Morgan fingerprint density at radius 3 is 2.93 bits per heavy atom. The molecule has 0 aromatic carbocycles. The Morgan fingerprint density at radius 2 is 2.33 bits per heavy atom. The van der Waals surface area contributed by atoms with Crippen LogP contribution in [0.1, 0.15) is 52.4 Å². The highest BCUT2D eigenvalue weighted by Crippen LogP contribution is 2.42. The monoisotopic (exact) mass is 225 g/mol. The van der Waals surface area contributed by atoms with Gasteiger partial charge in [-0.15, -0.1) is 0 Å². The quantitative estimate of drug-likeness (QED) is 0.653. The molecule has 0 aliphatic heterocycles. The smallest absolute Gasteiger partial charge is 0.0689 e. The van der Waals surface area contributed by atoms with Crippen LogP contribution in [0, 0.1) is 22.7 Å². The molecule has 1 aliphatic rings. The van der Waals surface area contributed by atoms with E-state index in [0.717, 1.165) is 25.2 Å². The molecular formula is C13H23NS. The Kier molecular flexibility index (Phi) is 5.53. The minimum Gasteiger partial charge on any atom is -0.198 e. The van der Waals surface area contributed by atoms with Gasteiger partial charge in [0.05, 0.1) is 11.5 Å². The van der Waals surface area contributed by atoms with Crippen LogP contribution in [0.25, 0.3) is 0 Å². The standard InChI is InChI=1S/C13H23NS/c1-3-15-9-5-8-13(11-14)7-4-6-12(2)10-13/h12H,3-10H2,1-2H3. The molecule has 0 aromatic rings. The third-order valence-electron chi connectivity index (χ3n) is 3.48. The van der Waals surface area contributed by atoms with Crippen LogP contribution in [0.15, 0.2) is 0 Å². The van der Waals surface area contributed by atoms with Gasteiger partial charge in [0.1, 0.15) is 0 Å². The minimum atomic E-state index is 0.0337. The number of hydrogen-bond acceptors (Lipinski definition) is 2. The van der Waals surface area contributed by atoms with Gasteiger partial charge in [0.25, 0.3) is 0 Å². The second kappa shape index (κ2) is 6.43. The summed E-state index contributed by atoms with van der Waals surface area (Å²) in [6, 6.07) is 2.62. The molecule has 2 unspecified atom stereocenters. The van der Waals surface area contributed by atoms with Gasteiger partial charge in [-0.25, -0.2) is 0 Å². The molecule has 0 saturated heterocycles. The molecule has 0 amide bonds. The number of nitrogens with zero attached hydrogens (tertiary/aromatic N) is 1. The number of nitriles is 1. The fraction of sp³-hybridized carbons (Fsp3) is 0.923. The van der Waals surface area contributed by atoms with E-state index in [4.69, 9.17) is 0 Å².